The minimum Gasteiger partial charge on any atom is -0.460 e. The largest absolute Gasteiger partial charge is 0.460 e. The molecule has 0 bridgehead atoms. The molecule has 0 saturated carbocycles. The second kappa shape index (κ2) is 11.6. The fourth-order valence-corrected chi connectivity index (χ4v) is 4.56. The van der Waals surface area contributed by atoms with E-state index in [0.717, 1.165) is 11.6 Å². The molecule has 2 unspecified atom stereocenters. The molecule has 0 aliphatic carbocycles. The molecule has 2 atom stereocenters. The Hall–Kier alpha value is -3.36. The molecule has 2 aromatic rings. The first-order valence-electron chi connectivity index (χ1n) is 11.0. The van der Waals surface area contributed by atoms with E-state index < -0.39 is 44.8 Å². The highest BCUT2D eigenvalue weighted by atomic mass is 35.7. The molecule has 1 fully saturated rings. The van der Waals surface area contributed by atoms with Crippen LogP contribution in [-0.2, 0) is 36.5 Å². The molecule has 0 spiro atoms. The van der Waals surface area contributed by atoms with Gasteiger partial charge in [0.2, 0.25) is 9.05 Å². The second-order valence-corrected chi connectivity index (χ2v) is 11.3. The Kier molecular flexibility index (Phi) is 8.76. The molecule has 1 aliphatic rings. The Labute approximate surface area is 213 Å². The molecule has 36 heavy (non-hydrogen) atoms. The minimum atomic E-state index is -4.07. The first kappa shape index (κ1) is 27.2. The lowest BCUT2D eigenvalue weighted by Gasteiger charge is -2.42. The van der Waals surface area contributed by atoms with Crippen LogP contribution in [0, 0.1) is 17.1 Å². The van der Waals surface area contributed by atoms with Gasteiger partial charge in [-0.15, -0.1) is 0 Å². The SMILES string of the molecule is CC1CC(C#N)(Nc2ccc(COC(=O)CS(=O)(=O)Cl)c(F)c2)CCN1C(=O)OCc1ccccc1. The summed E-state index contributed by atoms with van der Waals surface area (Å²) in [6.45, 7) is 1.76. The zero-order valence-electron chi connectivity index (χ0n) is 19.4. The Morgan fingerprint density at radius 3 is 2.56 bits per heavy atom. The van der Waals surface area contributed by atoms with Crippen LogP contribution in [0.15, 0.2) is 48.5 Å². The Morgan fingerprint density at radius 1 is 1.22 bits per heavy atom. The number of ether oxygens (including phenoxy) is 2. The summed E-state index contributed by atoms with van der Waals surface area (Å²) in [5.74, 6) is -2.82. The van der Waals surface area contributed by atoms with Crippen molar-refractivity contribution in [2.45, 2.75) is 44.6 Å². The number of carbonyl (C=O) groups is 2. The molecule has 2 aromatic carbocycles. The number of carbonyl (C=O) groups excluding carboxylic acids is 2. The van der Waals surface area contributed by atoms with Crippen molar-refractivity contribution in [3.8, 4) is 6.07 Å². The van der Waals surface area contributed by atoms with Gasteiger partial charge in [0.25, 0.3) is 0 Å². The van der Waals surface area contributed by atoms with Gasteiger partial charge in [-0.3, -0.25) is 4.79 Å². The van der Waals surface area contributed by atoms with Crippen molar-refractivity contribution in [3.63, 3.8) is 0 Å². The first-order chi connectivity index (χ1) is 17.0. The number of piperidine rings is 1. The van der Waals surface area contributed by atoms with E-state index in [9.17, 15) is 27.7 Å². The van der Waals surface area contributed by atoms with E-state index in [4.69, 9.17) is 20.2 Å². The summed E-state index contributed by atoms with van der Waals surface area (Å²) in [5, 5.41) is 13.0. The van der Waals surface area contributed by atoms with Gasteiger partial charge in [0.15, 0.2) is 5.75 Å². The van der Waals surface area contributed by atoms with Gasteiger partial charge in [0, 0.05) is 47.4 Å². The summed E-state index contributed by atoms with van der Waals surface area (Å²) in [4.78, 5) is 25.6. The Balaban J connectivity index is 1.58. The van der Waals surface area contributed by atoms with Gasteiger partial charge in [-0.25, -0.2) is 17.6 Å². The van der Waals surface area contributed by atoms with Crippen LogP contribution in [0.1, 0.15) is 30.9 Å². The topological polar surface area (TPSA) is 126 Å². The van der Waals surface area contributed by atoms with Crippen molar-refractivity contribution in [2.24, 2.45) is 0 Å². The normalized spacial score (nSPS) is 19.7. The van der Waals surface area contributed by atoms with E-state index in [-0.39, 0.29) is 31.2 Å². The zero-order valence-corrected chi connectivity index (χ0v) is 21.0. The monoisotopic (exact) mass is 537 g/mol. The number of halogens is 2. The maximum atomic E-state index is 14.6. The highest BCUT2D eigenvalue weighted by molar-refractivity contribution is 8.14. The van der Waals surface area contributed by atoms with Crippen molar-refractivity contribution >= 4 is 37.5 Å². The van der Waals surface area contributed by atoms with Gasteiger partial charge in [-0.05, 0) is 24.6 Å². The molecule has 12 heteroatoms. The summed E-state index contributed by atoms with van der Waals surface area (Å²) in [6.07, 6.45) is 0.116. The van der Waals surface area contributed by atoms with Crippen LogP contribution in [0.3, 0.4) is 0 Å². The molecule has 1 heterocycles. The average molecular weight is 538 g/mol. The molecular formula is C24H25ClFN3O6S. The fourth-order valence-electron chi connectivity index (χ4n) is 3.92. The number of nitrogens with zero attached hydrogens (tertiary/aromatic N) is 2. The van der Waals surface area contributed by atoms with Gasteiger partial charge in [-0.2, -0.15) is 5.26 Å². The number of nitriles is 1. The molecule has 1 N–H and O–H groups in total. The van der Waals surface area contributed by atoms with Crippen LogP contribution in [0.25, 0.3) is 0 Å². The predicted molar refractivity (Wildman–Crippen MR) is 130 cm³/mol. The smallest absolute Gasteiger partial charge is 0.410 e. The first-order valence-corrected chi connectivity index (χ1v) is 13.5. The Morgan fingerprint density at radius 2 is 1.94 bits per heavy atom. The highest BCUT2D eigenvalue weighted by Crippen LogP contribution is 2.31. The lowest BCUT2D eigenvalue weighted by Crippen LogP contribution is -2.54. The van der Waals surface area contributed by atoms with Crippen molar-refractivity contribution < 1.29 is 31.9 Å². The van der Waals surface area contributed by atoms with Crippen LogP contribution in [-0.4, -0.2) is 49.3 Å². The predicted octanol–water partition coefficient (Wildman–Crippen LogP) is 3.93. The number of nitrogens with one attached hydrogen (secondary N) is 1. The molecule has 1 aliphatic heterocycles. The van der Waals surface area contributed by atoms with E-state index in [1.807, 2.05) is 37.3 Å². The van der Waals surface area contributed by atoms with Gasteiger partial charge in [-0.1, -0.05) is 36.4 Å². The van der Waals surface area contributed by atoms with E-state index >= 15 is 0 Å². The molecule has 1 amide bonds. The summed E-state index contributed by atoms with van der Waals surface area (Å²) >= 11 is 0. The Bertz CT molecular complexity index is 1250. The van der Waals surface area contributed by atoms with Gasteiger partial charge in [0.05, 0.1) is 6.07 Å². The number of esters is 1. The average Bonchev–Trinajstić information content (AvgIpc) is 2.81. The van der Waals surface area contributed by atoms with Crippen LogP contribution >= 0.6 is 10.7 Å². The number of anilines is 1. The van der Waals surface area contributed by atoms with Crippen molar-refractivity contribution in [3.05, 3.63) is 65.5 Å². The van der Waals surface area contributed by atoms with E-state index in [2.05, 4.69) is 11.4 Å². The maximum absolute atomic E-state index is 14.6. The molecule has 192 valence electrons. The van der Waals surface area contributed by atoms with E-state index in [1.54, 1.807) is 4.90 Å². The lowest BCUT2D eigenvalue weighted by molar-refractivity contribution is -0.141. The van der Waals surface area contributed by atoms with Gasteiger partial charge in [0.1, 0.15) is 24.6 Å². The second-order valence-electron chi connectivity index (χ2n) is 8.51. The minimum absolute atomic E-state index is 0.0243. The van der Waals surface area contributed by atoms with Crippen LogP contribution < -0.4 is 5.32 Å². The van der Waals surface area contributed by atoms with Crippen LogP contribution in [0.4, 0.5) is 14.9 Å². The van der Waals surface area contributed by atoms with Crippen LogP contribution in [0.5, 0.6) is 0 Å². The number of likely N-dealkylation sites (tertiary alicyclic amines) is 1. The quantitative estimate of drug-likeness (QED) is 0.396. The van der Waals surface area contributed by atoms with Gasteiger partial charge < -0.3 is 19.7 Å². The fraction of sp³-hybridized carbons (Fsp3) is 0.375. The lowest BCUT2D eigenvalue weighted by atomic mass is 9.84. The molecule has 0 radical (unpaired) electrons. The third-order valence-corrected chi connectivity index (χ3v) is 6.63. The molecule has 9 nitrogen and oxygen atoms in total. The van der Waals surface area contributed by atoms with E-state index in [1.165, 1.54) is 12.1 Å². The number of amides is 1. The number of hydrogen-bond donors (Lipinski definition) is 1. The van der Waals surface area contributed by atoms with Crippen LogP contribution in [0.2, 0.25) is 0 Å². The van der Waals surface area contributed by atoms with Crippen molar-refractivity contribution in [1.29, 1.82) is 5.26 Å². The molecule has 0 aromatic heterocycles. The molecular weight excluding hydrogens is 513 g/mol. The molecule has 1 saturated heterocycles. The summed E-state index contributed by atoms with van der Waals surface area (Å²) in [5.41, 5.74) is 0.189. The molecule has 3 rings (SSSR count). The van der Waals surface area contributed by atoms with Gasteiger partial charge >= 0.3 is 12.1 Å². The van der Waals surface area contributed by atoms with E-state index in [0.29, 0.717) is 12.1 Å². The third kappa shape index (κ3) is 7.57. The summed E-state index contributed by atoms with van der Waals surface area (Å²) in [6, 6.07) is 15.3. The highest BCUT2D eigenvalue weighted by Gasteiger charge is 2.40. The van der Waals surface area contributed by atoms with Crippen molar-refractivity contribution in [1.82, 2.24) is 4.90 Å². The summed E-state index contributed by atoms with van der Waals surface area (Å²) in [7, 11) is 0.923. The number of benzene rings is 2. The number of rotatable bonds is 8. The van der Waals surface area contributed by atoms with Crippen molar-refractivity contribution in [2.75, 3.05) is 17.6 Å². The zero-order chi connectivity index (χ0) is 26.3. The summed E-state index contributed by atoms with van der Waals surface area (Å²) < 4.78 is 46.5. The maximum Gasteiger partial charge on any atom is 0.410 e. The standard InChI is InChI=1S/C24H25ClFN3O6S/c1-17-12-24(16-27,9-10-29(17)23(31)35-13-18-5-3-2-4-6-18)28-20-8-7-19(21(26)11-20)14-34-22(30)15-36(25,32)33/h2-8,11,17,28H,9-10,12-15H2,1H3. The number of hydrogen-bond acceptors (Lipinski definition) is 8. The third-order valence-electron chi connectivity index (χ3n) is 5.72.